The van der Waals surface area contributed by atoms with Crippen LogP contribution in [0, 0.1) is 0 Å². The molecule has 0 amide bonds. The van der Waals surface area contributed by atoms with Gasteiger partial charge >= 0.3 is 6.18 Å². The molecular weight excluding hydrogens is 527 g/mol. The van der Waals surface area contributed by atoms with Gasteiger partial charge in [0, 0.05) is 24.8 Å². The topological polar surface area (TPSA) is 66.1 Å². The summed E-state index contributed by atoms with van der Waals surface area (Å²) in [6.45, 7) is 7.48. The maximum absolute atomic E-state index is 12.9. The number of pyridine rings is 1. The third kappa shape index (κ3) is 6.69. The van der Waals surface area contributed by atoms with E-state index < -0.39 is 11.7 Å². The lowest BCUT2D eigenvalue weighted by Crippen LogP contribution is -2.17. The fraction of sp³-hybridized carbons (Fsp3) is 0.250. The van der Waals surface area contributed by atoms with E-state index in [1.807, 2.05) is 60.5 Å². The van der Waals surface area contributed by atoms with Gasteiger partial charge < -0.3 is 15.0 Å². The zero-order valence-electron chi connectivity index (χ0n) is 23.4. The van der Waals surface area contributed by atoms with Crippen molar-refractivity contribution in [2.45, 2.75) is 45.5 Å². The van der Waals surface area contributed by atoms with Crippen molar-refractivity contribution in [3.05, 3.63) is 107 Å². The molecule has 212 valence electrons. The van der Waals surface area contributed by atoms with Gasteiger partial charge in [0.1, 0.15) is 11.4 Å². The van der Waals surface area contributed by atoms with Crippen molar-refractivity contribution in [2.75, 3.05) is 12.4 Å². The maximum atomic E-state index is 12.9. The normalized spacial score (nSPS) is 12.2. The van der Waals surface area contributed by atoms with Crippen molar-refractivity contribution in [1.29, 1.82) is 0 Å². The molecule has 0 bridgehead atoms. The number of nitrogens with one attached hydrogen (secondary N) is 2. The molecule has 0 spiro atoms. The van der Waals surface area contributed by atoms with Gasteiger partial charge in [-0.15, -0.1) is 0 Å². The smallest absolute Gasteiger partial charge is 0.416 e. The predicted octanol–water partition coefficient (Wildman–Crippen LogP) is 8.44. The number of hydrogen-bond acceptors (Lipinski definition) is 5. The monoisotopic (exact) mass is 559 g/mol. The lowest BCUT2D eigenvalue weighted by Gasteiger charge is -2.22. The molecule has 3 aromatic carbocycles. The van der Waals surface area contributed by atoms with E-state index in [0.29, 0.717) is 30.6 Å². The van der Waals surface area contributed by atoms with Crippen LogP contribution in [0.3, 0.4) is 0 Å². The predicted molar refractivity (Wildman–Crippen MR) is 155 cm³/mol. The quantitative estimate of drug-likeness (QED) is 0.200. The van der Waals surface area contributed by atoms with Crippen LogP contribution in [0.5, 0.6) is 11.6 Å². The Labute approximate surface area is 237 Å². The highest BCUT2D eigenvalue weighted by Crippen LogP contribution is 2.36. The third-order valence-electron chi connectivity index (χ3n) is 6.70. The van der Waals surface area contributed by atoms with E-state index in [2.05, 4.69) is 42.1 Å². The zero-order chi connectivity index (χ0) is 29.2. The molecule has 0 radical (unpaired) electrons. The fourth-order valence-corrected chi connectivity index (χ4v) is 4.71. The van der Waals surface area contributed by atoms with Gasteiger partial charge in [-0.1, -0.05) is 63.2 Å². The van der Waals surface area contributed by atoms with Crippen LogP contribution >= 0.6 is 0 Å². The first kappa shape index (κ1) is 28.2. The van der Waals surface area contributed by atoms with Crippen LogP contribution in [0.2, 0.25) is 0 Å². The number of rotatable bonds is 8. The number of alkyl halides is 3. The molecule has 6 nitrogen and oxygen atoms in total. The Morgan fingerprint density at radius 3 is 2.37 bits per heavy atom. The van der Waals surface area contributed by atoms with Crippen molar-refractivity contribution >= 4 is 22.7 Å². The van der Waals surface area contributed by atoms with Crippen LogP contribution < -0.4 is 10.1 Å². The minimum Gasteiger partial charge on any atom is -0.437 e. The molecule has 2 aromatic heterocycles. The molecule has 0 fully saturated rings. The molecule has 0 saturated carbocycles. The second kappa shape index (κ2) is 11.2. The highest BCUT2D eigenvalue weighted by molar-refractivity contribution is 5.82. The second-order valence-electron chi connectivity index (χ2n) is 11.1. The molecule has 0 aliphatic heterocycles. The van der Waals surface area contributed by atoms with Crippen molar-refractivity contribution in [3.8, 4) is 11.6 Å². The summed E-state index contributed by atoms with van der Waals surface area (Å²) in [6, 6.07) is 22.8. The summed E-state index contributed by atoms with van der Waals surface area (Å²) < 4.78 is 45.0. The minimum absolute atomic E-state index is 0.103. The van der Waals surface area contributed by atoms with Gasteiger partial charge in [-0.2, -0.15) is 13.2 Å². The first-order valence-electron chi connectivity index (χ1n) is 13.3. The average Bonchev–Trinajstić information content (AvgIpc) is 3.33. The van der Waals surface area contributed by atoms with Gasteiger partial charge in [-0.25, -0.2) is 9.97 Å². The van der Waals surface area contributed by atoms with E-state index in [0.717, 1.165) is 45.6 Å². The molecular formula is C32H32F3N5O. The number of nitrogens with zero attached hydrogens (tertiary/aromatic N) is 3. The standard InChI is InChI=1S/C32H32F3N5O/c1-31(2,3)24-10-5-6-13-27(24)41-29-26(12-8-18-36-29)38-30-37-25-11-7-9-22(28(25)39-30)20-40(4)19-21-14-16-23(17-15-21)32(33,34)35/h5-18H,19-20H2,1-4H3,(H2,37,38,39). The molecule has 0 aliphatic carbocycles. The van der Waals surface area contributed by atoms with E-state index in [9.17, 15) is 13.2 Å². The Kier molecular flexibility index (Phi) is 7.73. The van der Waals surface area contributed by atoms with E-state index >= 15 is 0 Å². The van der Waals surface area contributed by atoms with Gasteiger partial charge in [-0.05, 0) is 60.0 Å². The number of para-hydroxylation sites is 2. The number of benzene rings is 3. The van der Waals surface area contributed by atoms with Gasteiger partial charge in [0.05, 0.1) is 16.6 Å². The molecule has 9 heteroatoms. The second-order valence-corrected chi connectivity index (χ2v) is 11.1. The number of aromatic amines is 1. The van der Waals surface area contributed by atoms with E-state index in [1.165, 1.54) is 12.1 Å². The molecule has 0 atom stereocenters. The SMILES string of the molecule is CN(Cc1ccc(C(F)(F)F)cc1)Cc1cccc2[nH]c(Nc3cccnc3Oc3ccccc3C(C)(C)C)nc12. The molecule has 41 heavy (non-hydrogen) atoms. The number of anilines is 2. The molecule has 2 N–H and O–H groups in total. The van der Waals surface area contributed by atoms with Crippen LogP contribution in [-0.4, -0.2) is 26.9 Å². The van der Waals surface area contributed by atoms with Gasteiger partial charge in [0.2, 0.25) is 11.8 Å². The number of imidazole rings is 1. The summed E-state index contributed by atoms with van der Waals surface area (Å²) in [4.78, 5) is 14.6. The van der Waals surface area contributed by atoms with Crippen molar-refractivity contribution in [3.63, 3.8) is 0 Å². The number of ether oxygens (including phenoxy) is 1. The highest BCUT2D eigenvalue weighted by Gasteiger charge is 2.30. The Hall–Kier alpha value is -4.37. The molecule has 0 aliphatic rings. The number of aromatic nitrogens is 3. The zero-order valence-corrected chi connectivity index (χ0v) is 23.4. The Morgan fingerprint density at radius 1 is 0.878 bits per heavy atom. The summed E-state index contributed by atoms with van der Waals surface area (Å²) in [5.41, 5.74) is 4.44. The number of fused-ring (bicyclic) bond motifs is 1. The van der Waals surface area contributed by atoms with E-state index in [-0.39, 0.29) is 5.41 Å². The van der Waals surface area contributed by atoms with E-state index in [4.69, 9.17) is 9.72 Å². The number of halogens is 3. The Balaban J connectivity index is 1.33. The lowest BCUT2D eigenvalue weighted by molar-refractivity contribution is -0.137. The summed E-state index contributed by atoms with van der Waals surface area (Å²) in [5.74, 6) is 1.71. The van der Waals surface area contributed by atoms with Gasteiger partial charge in [-0.3, -0.25) is 4.90 Å². The summed E-state index contributed by atoms with van der Waals surface area (Å²) in [7, 11) is 1.93. The lowest BCUT2D eigenvalue weighted by atomic mass is 9.86. The summed E-state index contributed by atoms with van der Waals surface area (Å²) >= 11 is 0. The van der Waals surface area contributed by atoms with Crippen LogP contribution in [0.15, 0.2) is 85.1 Å². The van der Waals surface area contributed by atoms with Gasteiger partial charge in [0.25, 0.3) is 0 Å². The highest BCUT2D eigenvalue weighted by atomic mass is 19.4. The Bertz CT molecular complexity index is 1640. The third-order valence-corrected chi connectivity index (χ3v) is 6.70. The van der Waals surface area contributed by atoms with Crippen molar-refractivity contribution in [1.82, 2.24) is 19.9 Å². The maximum Gasteiger partial charge on any atom is 0.416 e. The summed E-state index contributed by atoms with van der Waals surface area (Å²) in [5, 5.41) is 3.32. The molecule has 5 aromatic rings. The fourth-order valence-electron chi connectivity index (χ4n) is 4.71. The number of hydrogen-bond donors (Lipinski definition) is 2. The molecule has 2 heterocycles. The largest absolute Gasteiger partial charge is 0.437 e. The van der Waals surface area contributed by atoms with Crippen molar-refractivity contribution in [2.24, 2.45) is 0 Å². The Morgan fingerprint density at radius 2 is 1.63 bits per heavy atom. The summed E-state index contributed by atoms with van der Waals surface area (Å²) in [6.07, 6.45) is -2.66. The van der Waals surface area contributed by atoms with Crippen LogP contribution in [-0.2, 0) is 24.7 Å². The first-order valence-corrected chi connectivity index (χ1v) is 13.3. The van der Waals surface area contributed by atoms with E-state index in [1.54, 1.807) is 6.20 Å². The molecule has 0 saturated heterocycles. The number of H-pyrrole nitrogens is 1. The molecule has 0 unspecified atom stereocenters. The average molecular weight is 560 g/mol. The van der Waals surface area contributed by atoms with Crippen molar-refractivity contribution < 1.29 is 17.9 Å². The molecule has 5 rings (SSSR count). The van der Waals surface area contributed by atoms with Crippen LogP contribution in [0.1, 0.15) is 43.0 Å². The van der Waals surface area contributed by atoms with Crippen LogP contribution in [0.25, 0.3) is 11.0 Å². The van der Waals surface area contributed by atoms with Crippen LogP contribution in [0.4, 0.5) is 24.8 Å². The first-order chi connectivity index (χ1) is 19.5. The van der Waals surface area contributed by atoms with Gasteiger partial charge in [0.15, 0.2) is 0 Å². The minimum atomic E-state index is -4.34.